The minimum atomic E-state index is -0.864. The van der Waals surface area contributed by atoms with Gasteiger partial charge in [0.15, 0.2) is 0 Å². The molecule has 0 saturated carbocycles. The zero-order chi connectivity index (χ0) is 22.4. The van der Waals surface area contributed by atoms with Gasteiger partial charge in [0.25, 0.3) is 0 Å². The van der Waals surface area contributed by atoms with Gasteiger partial charge in [-0.25, -0.2) is 8.78 Å². The van der Waals surface area contributed by atoms with Gasteiger partial charge in [0.2, 0.25) is 5.91 Å². The van der Waals surface area contributed by atoms with Gasteiger partial charge in [-0.3, -0.25) is 24.5 Å². The Hall–Kier alpha value is -3.66. The summed E-state index contributed by atoms with van der Waals surface area (Å²) in [5.41, 5.74) is 7.64. The number of likely N-dealkylation sites (tertiary alicyclic amines) is 1. The summed E-state index contributed by atoms with van der Waals surface area (Å²) in [6.07, 6.45) is 6.78. The summed E-state index contributed by atoms with van der Waals surface area (Å²) >= 11 is 0. The number of carbonyl (C=O) groups excluding carboxylic acids is 1. The van der Waals surface area contributed by atoms with Crippen molar-refractivity contribution in [2.24, 2.45) is 12.8 Å². The zero-order valence-electron chi connectivity index (χ0n) is 17.3. The van der Waals surface area contributed by atoms with Gasteiger partial charge in [0.1, 0.15) is 23.4 Å². The topological polar surface area (TPSA) is 106 Å². The van der Waals surface area contributed by atoms with E-state index in [1.807, 2.05) is 4.90 Å². The Morgan fingerprint density at radius 1 is 1.16 bits per heavy atom. The molecule has 0 bridgehead atoms. The summed E-state index contributed by atoms with van der Waals surface area (Å²) in [6, 6.07) is 3.08. The van der Waals surface area contributed by atoms with Gasteiger partial charge in [0, 0.05) is 24.2 Å². The van der Waals surface area contributed by atoms with Gasteiger partial charge in [-0.05, 0) is 49.7 Å². The van der Waals surface area contributed by atoms with Crippen LogP contribution in [0.2, 0.25) is 0 Å². The molecule has 0 aliphatic carbocycles. The average molecular weight is 437 g/mol. The number of nitrogens with one attached hydrogen (secondary N) is 1. The van der Waals surface area contributed by atoms with Crippen LogP contribution < -0.4 is 5.73 Å². The SMILES string of the molecule is Cn1cc(-c2n[nH]c3cnc(-c4c(F)cc(C(C(N)=O)N5CCCC5)cc4F)cc23)cn1. The highest BCUT2D eigenvalue weighted by Crippen LogP contribution is 2.34. The first-order chi connectivity index (χ1) is 15.4. The Kier molecular flexibility index (Phi) is 4.93. The molecule has 1 fully saturated rings. The van der Waals surface area contributed by atoms with Crippen LogP contribution in [-0.2, 0) is 11.8 Å². The van der Waals surface area contributed by atoms with Crippen LogP contribution in [-0.4, -0.2) is 48.9 Å². The van der Waals surface area contributed by atoms with Crippen molar-refractivity contribution in [3.63, 3.8) is 0 Å². The monoisotopic (exact) mass is 437 g/mol. The lowest BCUT2D eigenvalue weighted by molar-refractivity contribution is -0.123. The number of amides is 1. The first-order valence-electron chi connectivity index (χ1n) is 10.3. The number of hydrogen-bond donors (Lipinski definition) is 2. The van der Waals surface area contributed by atoms with Crippen molar-refractivity contribution in [3.8, 4) is 22.5 Å². The number of pyridine rings is 1. The van der Waals surface area contributed by atoms with E-state index in [0.29, 0.717) is 29.7 Å². The molecule has 1 saturated heterocycles. The van der Waals surface area contributed by atoms with E-state index in [2.05, 4.69) is 20.3 Å². The fourth-order valence-corrected chi connectivity index (χ4v) is 4.37. The number of rotatable bonds is 5. The average Bonchev–Trinajstić information content (AvgIpc) is 3.48. The second-order valence-electron chi connectivity index (χ2n) is 8.00. The summed E-state index contributed by atoms with van der Waals surface area (Å²) < 4.78 is 32.0. The van der Waals surface area contributed by atoms with Gasteiger partial charge in [-0.1, -0.05) is 0 Å². The molecule has 1 amide bonds. The van der Waals surface area contributed by atoms with Crippen LogP contribution in [0.15, 0.2) is 36.8 Å². The van der Waals surface area contributed by atoms with E-state index in [9.17, 15) is 4.79 Å². The summed E-state index contributed by atoms with van der Waals surface area (Å²) in [5, 5.41) is 12.0. The number of hydrogen-bond acceptors (Lipinski definition) is 5. The number of carbonyl (C=O) groups is 1. The number of H-pyrrole nitrogens is 1. The Balaban J connectivity index is 1.58. The first kappa shape index (κ1) is 20.3. The van der Waals surface area contributed by atoms with Gasteiger partial charge in [-0.2, -0.15) is 10.2 Å². The van der Waals surface area contributed by atoms with Crippen molar-refractivity contribution >= 4 is 16.8 Å². The summed E-state index contributed by atoms with van der Waals surface area (Å²) in [5.74, 6) is -2.23. The van der Waals surface area contributed by atoms with Crippen molar-refractivity contribution in [3.05, 3.63) is 54.0 Å². The maximum absolute atomic E-state index is 15.2. The molecule has 3 aromatic heterocycles. The fourth-order valence-electron chi connectivity index (χ4n) is 4.37. The fraction of sp³-hybridized carbons (Fsp3) is 0.273. The quantitative estimate of drug-likeness (QED) is 0.499. The minimum Gasteiger partial charge on any atom is -0.368 e. The molecule has 0 radical (unpaired) electrons. The maximum Gasteiger partial charge on any atom is 0.239 e. The van der Waals surface area contributed by atoms with Crippen LogP contribution in [0.3, 0.4) is 0 Å². The Morgan fingerprint density at radius 2 is 1.88 bits per heavy atom. The van der Waals surface area contributed by atoms with Gasteiger partial charge in [-0.15, -0.1) is 0 Å². The van der Waals surface area contributed by atoms with Crippen LogP contribution in [0.5, 0.6) is 0 Å². The molecular formula is C22H21F2N7O. The van der Waals surface area contributed by atoms with Crippen molar-refractivity contribution < 1.29 is 13.6 Å². The smallest absolute Gasteiger partial charge is 0.239 e. The predicted octanol–water partition coefficient (Wildman–Crippen LogP) is 2.93. The van der Waals surface area contributed by atoms with E-state index in [0.717, 1.165) is 18.4 Å². The van der Waals surface area contributed by atoms with Gasteiger partial charge in [0.05, 0.1) is 29.2 Å². The minimum absolute atomic E-state index is 0.127. The molecule has 4 aromatic rings. The molecule has 3 N–H and O–H groups in total. The van der Waals surface area contributed by atoms with E-state index < -0.39 is 23.6 Å². The molecule has 5 rings (SSSR count). The third-order valence-corrected chi connectivity index (χ3v) is 5.84. The molecule has 1 aliphatic heterocycles. The van der Waals surface area contributed by atoms with E-state index in [-0.39, 0.29) is 16.8 Å². The highest BCUT2D eigenvalue weighted by Gasteiger charge is 2.30. The lowest BCUT2D eigenvalue weighted by Crippen LogP contribution is -2.36. The highest BCUT2D eigenvalue weighted by atomic mass is 19.1. The van der Waals surface area contributed by atoms with Crippen molar-refractivity contribution in [2.45, 2.75) is 18.9 Å². The number of nitrogens with zero attached hydrogens (tertiary/aromatic N) is 5. The zero-order valence-corrected chi connectivity index (χ0v) is 17.3. The second kappa shape index (κ2) is 7.79. The third-order valence-electron chi connectivity index (χ3n) is 5.84. The lowest BCUT2D eigenvalue weighted by Gasteiger charge is -2.25. The van der Waals surface area contributed by atoms with Crippen LogP contribution >= 0.6 is 0 Å². The van der Waals surface area contributed by atoms with Crippen molar-refractivity contribution in [1.82, 2.24) is 29.9 Å². The molecule has 1 atom stereocenters. The van der Waals surface area contributed by atoms with E-state index in [4.69, 9.17) is 5.73 Å². The first-order valence-corrected chi connectivity index (χ1v) is 10.3. The van der Waals surface area contributed by atoms with Crippen molar-refractivity contribution in [1.29, 1.82) is 0 Å². The number of fused-ring (bicyclic) bond motifs is 1. The van der Waals surface area contributed by atoms with E-state index in [1.54, 1.807) is 30.2 Å². The molecule has 10 heteroatoms. The highest BCUT2D eigenvalue weighted by molar-refractivity contribution is 5.94. The standard InChI is InChI=1S/C22H21F2N7O/c1-30-11-13(9-27-30)20-14-8-17(26-10-18(14)28-29-20)19-15(23)6-12(7-16(19)24)21(22(25)32)31-4-2-3-5-31/h6-11,21H,2-5H2,1H3,(H2,25,32)(H,28,29). The molecule has 164 valence electrons. The van der Waals surface area contributed by atoms with E-state index in [1.165, 1.54) is 18.3 Å². The van der Waals surface area contributed by atoms with E-state index >= 15 is 8.78 Å². The van der Waals surface area contributed by atoms with Crippen LogP contribution in [0.25, 0.3) is 33.4 Å². The Morgan fingerprint density at radius 3 is 2.50 bits per heavy atom. The number of benzene rings is 1. The molecule has 8 nitrogen and oxygen atoms in total. The number of aromatic nitrogens is 5. The molecule has 1 unspecified atom stereocenters. The number of halogens is 2. The molecule has 1 aliphatic rings. The number of primary amides is 1. The van der Waals surface area contributed by atoms with Crippen molar-refractivity contribution in [2.75, 3.05) is 13.1 Å². The Bertz CT molecular complexity index is 1300. The van der Waals surface area contributed by atoms with Crippen LogP contribution in [0, 0.1) is 11.6 Å². The second-order valence-corrected chi connectivity index (χ2v) is 8.00. The molecule has 1 aromatic carbocycles. The third kappa shape index (κ3) is 3.42. The summed E-state index contributed by atoms with van der Waals surface area (Å²) in [4.78, 5) is 18.1. The predicted molar refractivity (Wildman–Crippen MR) is 114 cm³/mol. The number of nitrogens with two attached hydrogens (primary N) is 1. The van der Waals surface area contributed by atoms with Crippen LogP contribution in [0.1, 0.15) is 24.4 Å². The molecular weight excluding hydrogens is 416 g/mol. The normalized spacial score (nSPS) is 15.5. The summed E-state index contributed by atoms with van der Waals surface area (Å²) in [6.45, 7) is 1.32. The maximum atomic E-state index is 15.2. The molecule has 32 heavy (non-hydrogen) atoms. The molecule has 4 heterocycles. The summed E-state index contributed by atoms with van der Waals surface area (Å²) in [7, 11) is 1.79. The largest absolute Gasteiger partial charge is 0.368 e. The molecule has 0 spiro atoms. The number of aromatic amines is 1. The van der Waals surface area contributed by atoms with Crippen LogP contribution in [0.4, 0.5) is 8.78 Å². The Labute approximate surface area is 182 Å². The van der Waals surface area contributed by atoms with Gasteiger partial charge >= 0.3 is 0 Å². The van der Waals surface area contributed by atoms with Gasteiger partial charge < -0.3 is 5.73 Å². The lowest BCUT2D eigenvalue weighted by atomic mass is 9.99. The number of aryl methyl sites for hydroxylation is 1.